The van der Waals surface area contributed by atoms with Crippen LogP contribution in [0, 0.1) is 0 Å². The summed E-state index contributed by atoms with van der Waals surface area (Å²) in [4.78, 5) is 11.4. The van der Waals surface area contributed by atoms with Gasteiger partial charge in [0.25, 0.3) is 10.0 Å². The van der Waals surface area contributed by atoms with Crippen molar-refractivity contribution >= 4 is 21.7 Å². The van der Waals surface area contributed by atoms with Crippen LogP contribution in [0.25, 0.3) is 0 Å². The van der Waals surface area contributed by atoms with E-state index < -0.39 is 16.0 Å². The van der Waals surface area contributed by atoms with Gasteiger partial charge in [0.15, 0.2) is 0 Å². The zero-order valence-corrected chi connectivity index (χ0v) is 10.7. The van der Waals surface area contributed by atoms with Crippen molar-refractivity contribution in [2.75, 3.05) is 19.5 Å². The molecule has 1 heterocycles. The summed E-state index contributed by atoms with van der Waals surface area (Å²) < 4.78 is 29.8. The molecule has 1 aromatic rings. The van der Waals surface area contributed by atoms with Gasteiger partial charge in [-0.05, 0) is 12.1 Å². The van der Waals surface area contributed by atoms with Crippen LogP contribution in [0.3, 0.4) is 0 Å². The SMILES string of the molecule is COC(=O)/C=C1/Nc2ccccc2S(=O)(=O)N1C. The van der Waals surface area contributed by atoms with E-state index in [0.717, 1.165) is 10.4 Å². The van der Waals surface area contributed by atoms with Crippen LogP contribution in [0.4, 0.5) is 5.69 Å². The minimum atomic E-state index is -3.63. The Morgan fingerprint density at radius 1 is 1.39 bits per heavy atom. The van der Waals surface area contributed by atoms with E-state index in [1.54, 1.807) is 18.2 Å². The van der Waals surface area contributed by atoms with E-state index >= 15 is 0 Å². The number of anilines is 1. The van der Waals surface area contributed by atoms with Crippen LogP contribution in [0.2, 0.25) is 0 Å². The monoisotopic (exact) mass is 268 g/mol. The number of fused-ring (bicyclic) bond motifs is 1. The minimum absolute atomic E-state index is 0.153. The van der Waals surface area contributed by atoms with Gasteiger partial charge in [-0.3, -0.25) is 4.31 Å². The molecule has 6 nitrogen and oxygen atoms in total. The number of methoxy groups -OCH3 is 1. The smallest absolute Gasteiger partial charge is 0.334 e. The molecule has 7 heteroatoms. The molecule has 2 rings (SSSR count). The van der Waals surface area contributed by atoms with Gasteiger partial charge in [0, 0.05) is 7.05 Å². The molecule has 0 atom stereocenters. The molecular weight excluding hydrogens is 256 g/mol. The Labute approximate surface area is 105 Å². The molecule has 0 unspecified atom stereocenters. The lowest BCUT2D eigenvalue weighted by atomic mass is 10.3. The summed E-state index contributed by atoms with van der Waals surface area (Å²) in [6, 6.07) is 6.48. The van der Waals surface area contributed by atoms with Crippen molar-refractivity contribution in [2.45, 2.75) is 4.90 Å². The van der Waals surface area contributed by atoms with Crippen LogP contribution in [0.15, 0.2) is 41.1 Å². The fraction of sp³-hybridized carbons (Fsp3) is 0.182. The van der Waals surface area contributed by atoms with Gasteiger partial charge in [0.2, 0.25) is 0 Å². The van der Waals surface area contributed by atoms with Crippen molar-refractivity contribution < 1.29 is 17.9 Å². The molecule has 0 fully saturated rings. The van der Waals surface area contributed by atoms with E-state index in [1.807, 2.05) is 0 Å². The van der Waals surface area contributed by atoms with E-state index in [0.29, 0.717) is 5.69 Å². The number of rotatable bonds is 1. The highest BCUT2D eigenvalue weighted by Gasteiger charge is 2.31. The van der Waals surface area contributed by atoms with Gasteiger partial charge < -0.3 is 10.1 Å². The first kappa shape index (κ1) is 12.4. The predicted octanol–water partition coefficient (Wildman–Crippen LogP) is 0.747. The number of benzene rings is 1. The van der Waals surface area contributed by atoms with Crippen molar-refractivity contribution in [3.05, 3.63) is 36.2 Å². The second-order valence-corrected chi connectivity index (χ2v) is 5.58. The molecule has 0 aromatic heterocycles. The highest BCUT2D eigenvalue weighted by Crippen LogP contribution is 2.31. The van der Waals surface area contributed by atoms with Gasteiger partial charge in [0.05, 0.1) is 18.9 Å². The maximum Gasteiger partial charge on any atom is 0.334 e. The Hall–Kier alpha value is -2.02. The Morgan fingerprint density at radius 2 is 2.06 bits per heavy atom. The summed E-state index contributed by atoms with van der Waals surface area (Å²) in [5.41, 5.74) is 0.436. The van der Waals surface area contributed by atoms with Gasteiger partial charge >= 0.3 is 5.97 Å². The van der Waals surface area contributed by atoms with Gasteiger partial charge in [-0.2, -0.15) is 0 Å². The summed E-state index contributed by atoms with van der Waals surface area (Å²) >= 11 is 0. The summed E-state index contributed by atoms with van der Waals surface area (Å²) in [5, 5.41) is 2.87. The Kier molecular flexibility index (Phi) is 3.00. The second-order valence-electron chi connectivity index (χ2n) is 3.65. The molecule has 1 aliphatic rings. The van der Waals surface area contributed by atoms with Crippen molar-refractivity contribution in [1.82, 2.24) is 4.31 Å². The first-order valence-corrected chi connectivity index (χ1v) is 6.55. The van der Waals surface area contributed by atoms with Crippen molar-refractivity contribution in [3.63, 3.8) is 0 Å². The van der Waals surface area contributed by atoms with Gasteiger partial charge in [-0.1, -0.05) is 12.1 Å². The zero-order valence-electron chi connectivity index (χ0n) is 9.88. The Bertz CT molecular complexity index is 622. The molecule has 0 aliphatic carbocycles. The average molecular weight is 268 g/mol. The van der Waals surface area contributed by atoms with E-state index in [1.165, 1.54) is 20.2 Å². The van der Waals surface area contributed by atoms with Crippen LogP contribution in [0.1, 0.15) is 0 Å². The molecule has 0 spiro atoms. The molecule has 18 heavy (non-hydrogen) atoms. The zero-order chi connectivity index (χ0) is 13.3. The van der Waals surface area contributed by atoms with Crippen molar-refractivity contribution in [3.8, 4) is 0 Å². The number of nitrogens with one attached hydrogen (secondary N) is 1. The number of hydrogen-bond acceptors (Lipinski definition) is 5. The van der Waals surface area contributed by atoms with Crippen LogP contribution in [0.5, 0.6) is 0 Å². The summed E-state index contributed by atoms with van der Waals surface area (Å²) in [6.45, 7) is 0. The fourth-order valence-electron chi connectivity index (χ4n) is 1.59. The third-order valence-corrected chi connectivity index (χ3v) is 4.41. The fourth-order valence-corrected chi connectivity index (χ4v) is 2.89. The first-order valence-electron chi connectivity index (χ1n) is 5.11. The highest BCUT2D eigenvalue weighted by atomic mass is 32.2. The average Bonchev–Trinajstić information content (AvgIpc) is 2.36. The molecule has 0 bridgehead atoms. The normalized spacial score (nSPS) is 19.0. The molecule has 1 N–H and O–H groups in total. The summed E-state index contributed by atoms with van der Waals surface area (Å²) in [6.07, 6.45) is 1.09. The van der Waals surface area contributed by atoms with Crippen LogP contribution >= 0.6 is 0 Å². The standard InChI is InChI=1S/C11H12N2O4S/c1-13-10(7-11(14)17-2)12-8-5-3-4-6-9(8)18(13,15)16/h3-7,12H,1-2H3/b10-7-. The molecule has 1 aromatic carbocycles. The van der Waals surface area contributed by atoms with Crippen LogP contribution in [-0.2, 0) is 19.6 Å². The number of ether oxygens (including phenoxy) is 1. The summed E-state index contributed by atoms with van der Waals surface area (Å²) in [5.74, 6) is -0.473. The minimum Gasteiger partial charge on any atom is -0.466 e. The lowest BCUT2D eigenvalue weighted by molar-refractivity contribution is -0.134. The lowest BCUT2D eigenvalue weighted by Gasteiger charge is -2.29. The second kappa shape index (κ2) is 4.34. The highest BCUT2D eigenvalue weighted by molar-refractivity contribution is 7.89. The number of esters is 1. The summed E-state index contributed by atoms with van der Waals surface area (Å²) in [7, 11) is -1.03. The predicted molar refractivity (Wildman–Crippen MR) is 65.1 cm³/mol. The lowest BCUT2D eigenvalue weighted by Crippen LogP contribution is -2.35. The topological polar surface area (TPSA) is 75.7 Å². The molecule has 0 radical (unpaired) electrons. The molecular formula is C11H12N2O4S. The number of para-hydroxylation sites is 1. The molecule has 96 valence electrons. The Morgan fingerprint density at radius 3 is 2.72 bits per heavy atom. The van der Waals surface area contributed by atoms with E-state index in [2.05, 4.69) is 10.1 Å². The van der Waals surface area contributed by atoms with Crippen LogP contribution in [-0.4, -0.2) is 32.8 Å². The first-order chi connectivity index (χ1) is 8.46. The maximum atomic E-state index is 12.2. The van der Waals surface area contributed by atoms with Crippen molar-refractivity contribution in [2.24, 2.45) is 0 Å². The van der Waals surface area contributed by atoms with Crippen molar-refractivity contribution in [1.29, 1.82) is 0 Å². The molecule has 0 amide bonds. The molecule has 1 aliphatic heterocycles. The van der Waals surface area contributed by atoms with Gasteiger partial charge in [0.1, 0.15) is 10.7 Å². The number of sulfonamides is 1. The molecule has 0 saturated heterocycles. The number of carbonyl (C=O) groups is 1. The molecule has 0 saturated carbocycles. The third-order valence-electron chi connectivity index (χ3n) is 2.58. The van der Waals surface area contributed by atoms with E-state index in [4.69, 9.17) is 0 Å². The van der Waals surface area contributed by atoms with Gasteiger partial charge in [-0.25, -0.2) is 13.2 Å². The number of nitrogens with zero attached hydrogens (tertiary/aromatic N) is 1. The van der Waals surface area contributed by atoms with Gasteiger partial charge in [-0.15, -0.1) is 0 Å². The van der Waals surface area contributed by atoms with Crippen LogP contribution < -0.4 is 5.32 Å². The third kappa shape index (κ3) is 1.92. The van der Waals surface area contributed by atoms with E-state index in [-0.39, 0.29) is 10.7 Å². The Balaban J connectivity index is 2.55. The maximum absolute atomic E-state index is 12.2. The number of hydrogen-bond donors (Lipinski definition) is 1. The quantitative estimate of drug-likeness (QED) is 0.601. The van der Waals surface area contributed by atoms with E-state index in [9.17, 15) is 13.2 Å². The largest absolute Gasteiger partial charge is 0.466 e. The number of carbonyl (C=O) groups excluding carboxylic acids is 1.